The van der Waals surface area contributed by atoms with Crippen LogP contribution < -0.4 is 0 Å². The predicted molar refractivity (Wildman–Crippen MR) is 112 cm³/mol. The van der Waals surface area contributed by atoms with Gasteiger partial charge in [0.25, 0.3) is 0 Å². The summed E-state index contributed by atoms with van der Waals surface area (Å²) in [5.74, 6) is 0.347. The molecule has 0 aromatic carbocycles. The van der Waals surface area contributed by atoms with Crippen molar-refractivity contribution in [1.82, 2.24) is 0 Å². The molecule has 0 radical (unpaired) electrons. The van der Waals surface area contributed by atoms with E-state index in [1.54, 1.807) is 0 Å². The van der Waals surface area contributed by atoms with E-state index < -0.39 is 22.4 Å². The van der Waals surface area contributed by atoms with E-state index >= 15 is 0 Å². The number of ether oxygens (including phenoxy) is 6. The number of hydrogen-bond acceptors (Lipinski definition) is 8. The monoisotopic (exact) mass is 472 g/mol. The van der Waals surface area contributed by atoms with Crippen molar-refractivity contribution >= 4 is 11.9 Å². The van der Waals surface area contributed by atoms with Gasteiger partial charge in [-0.25, -0.2) is 0 Å². The Morgan fingerprint density at radius 3 is 1.35 bits per heavy atom. The third-order valence-corrected chi connectivity index (χ3v) is 12.8. The third kappa shape index (κ3) is 1.53. The summed E-state index contributed by atoms with van der Waals surface area (Å²) in [7, 11) is 2.99. The first-order valence-corrected chi connectivity index (χ1v) is 13.3. The molecule has 2 heterocycles. The number of carbonyl (C=O) groups is 2. The zero-order valence-electron chi connectivity index (χ0n) is 19.7. The quantitative estimate of drug-likeness (QED) is 0.560. The predicted octanol–water partition coefficient (Wildman–Crippen LogP) is 1.61. The van der Waals surface area contributed by atoms with Crippen molar-refractivity contribution in [2.24, 2.45) is 70.0 Å². The van der Waals surface area contributed by atoms with Crippen LogP contribution in [-0.4, -0.2) is 64.2 Å². The Morgan fingerprint density at radius 2 is 1.00 bits per heavy atom. The first-order valence-electron chi connectivity index (χ1n) is 13.3. The van der Waals surface area contributed by atoms with Gasteiger partial charge in [0.15, 0.2) is 11.6 Å². The Balaban J connectivity index is 1.29. The Morgan fingerprint density at radius 1 is 0.618 bits per heavy atom. The molecule has 12 atom stereocenters. The molecule has 8 aliphatic carbocycles. The van der Waals surface area contributed by atoms with Gasteiger partial charge in [0.2, 0.25) is 0 Å². The second-order valence-corrected chi connectivity index (χ2v) is 12.5. The van der Waals surface area contributed by atoms with Crippen molar-refractivity contribution in [3.8, 4) is 0 Å². The molecule has 2 spiro atoms. The molecule has 8 saturated carbocycles. The van der Waals surface area contributed by atoms with Crippen molar-refractivity contribution in [3.05, 3.63) is 0 Å². The lowest BCUT2D eigenvalue weighted by atomic mass is 9.43. The fourth-order valence-electron chi connectivity index (χ4n) is 13.3. The summed E-state index contributed by atoms with van der Waals surface area (Å²) >= 11 is 0. The van der Waals surface area contributed by atoms with Gasteiger partial charge < -0.3 is 28.4 Å². The number of carbonyl (C=O) groups excluding carboxylic acids is 2. The number of methoxy groups -OCH3 is 2. The molecule has 8 nitrogen and oxygen atoms in total. The van der Waals surface area contributed by atoms with Crippen LogP contribution in [0.5, 0.6) is 0 Å². The van der Waals surface area contributed by atoms with Gasteiger partial charge in [-0.2, -0.15) is 0 Å². The molecular formula is C26H32O8. The van der Waals surface area contributed by atoms with Crippen LogP contribution in [0.3, 0.4) is 0 Å². The summed E-state index contributed by atoms with van der Waals surface area (Å²) < 4.78 is 36.6. The molecule has 8 heteroatoms. The smallest absolute Gasteiger partial charge is 0.313 e. The minimum atomic E-state index is -0.849. The van der Waals surface area contributed by atoms with Gasteiger partial charge in [0.05, 0.1) is 51.5 Å². The summed E-state index contributed by atoms with van der Waals surface area (Å²) in [6, 6.07) is 0. The second-order valence-electron chi connectivity index (χ2n) is 12.5. The topological polar surface area (TPSA) is 89.5 Å². The lowest BCUT2D eigenvalue weighted by Gasteiger charge is -2.59. The highest BCUT2D eigenvalue weighted by molar-refractivity contribution is 5.94. The molecule has 10 aliphatic rings. The van der Waals surface area contributed by atoms with Crippen LogP contribution in [0.1, 0.15) is 25.7 Å². The maximum Gasteiger partial charge on any atom is 0.313 e. The molecule has 0 aromatic rings. The summed E-state index contributed by atoms with van der Waals surface area (Å²) in [6.07, 6.45) is 3.66. The molecular weight excluding hydrogens is 440 g/mol. The summed E-state index contributed by atoms with van der Waals surface area (Å²) in [4.78, 5) is 28.3. The zero-order chi connectivity index (χ0) is 22.8. The van der Waals surface area contributed by atoms with Gasteiger partial charge >= 0.3 is 11.9 Å². The molecule has 0 N–H and O–H groups in total. The van der Waals surface area contributed by atoms with E-state index in [0.717, 1.165) is 25.7 Å². The Bertz CT molecular complexity index is 934. The van der Waals surface area contributed by atoms with Gasteiger partial charge in [0, 0.05) is 24.7 Å². The number of esters is 2. The third-order valence-electron chi connectivity index (χ3n) is 12.8. The molecule has 2 saturated heterocycles. The highest BCUT2D eigenvalue weighted by Gasteiger charge is 3.03. The normalized spacial score (nSPS) is 59.0. The van der Waals surface area contributed by atoms with Gasteiger partial charge in [-0.3, -0.25) is 9.59 Å². The summed E-state index contributed by atoms with van der Waals surface area (Å²) in [5, 5.41) is 0. The average Bonchev–Trinajstić information content (AvgIpc) is 3.69. The molecule has 0 aromatic heterocycles. The van der Waals surface area contributed by atoms with E-state index in [0.29, 0.717) is 50.1 Å². The standard InChI is InChI=1S/C26H32O8/c1-29-21(27)25-15-11-3-5-24(33-9-10-34-24)18(11)20-13(15)14-16(26(20,25)22(28)30-2)12-4-6-23(17(12)19(14)25)31-7-8-32-23/h11-20H,3-10H2,1-2H3/t11-,12+,13+,14-,15-,16-,17-,18-,19+,20-,25+,26+/m0/s1. The van der Waals surface area contributed by atoms with E-state index in [1.807, 2.05) is 0 Å². The SMILES string of the molecule is COC(=O)[C@]12[C@@H]3[C@H]4[C@@H]5[C@@H]1[C@@H]1CCC6(OCCO6)[C@@H]1[C@H]5[C@@]2(C(=O)OC)[C@H]4[C@H]1CCC2(OCCO2)[C@@H]13. The Hall–Kier alpha value is -1.22. The molecule has 10 rings (SSSR count). The highest BCUT2D eigenvalue weighted by Crippen LogP contribution is 2.98. The molecule has 0 unspecified atom stereocenters. The van der Waals surface area contributed by atoms with Crippen LogP contribution in [0.25, 0.3) is 0 Å². The summed E-state index contributed by atoms with van der Waals surface area (Å²) in [6.45, 7) is 2.43. The number of hydrogen-bond donors (Lipinski definition) is 0. The van der Waals surface area contributed by atoms with E-state index in [-0.39, 0.29) is 47.4 Å². The first-order chi connectivity index (χ1) is 16.5. The van der Waals surface area contributed by atoms with E-state index in [1.165, 1.54) is 14.2 Å². The van der Waals surface area contributed by atoms with Crippen molar-refractivity contribution in [3.63, 3.8) is 0 Å². The van der Waals surface area contributed by atoms with Crippen molar-refractivity contribution in [2.45, 2.75) is 37.3 Å². The molecule has 10 fully saturated rings. The number of rotatable bonds is 2. The maximum absolute atomic E-state index is 14.2. The van der Waals surface area contributed by atoms with Crippen molar-refractivity contribution in [2.75, 3.05) is 40.6 Å². The Kier molecular flexibility index (Phi) is 3.33. The van der Waals surface area contributed by atoms with Crippen LogP contribution in [0.2, 0.25) is 0 Å². The van der Waals surface area contributed by atoms with Crippen LogP contribution in [0.15, 0.2) is 0 Å². The molecule has 34 heavy (non-hydrogen) atoms. The van der Waals surface area contributed by atoms with Crippen LogP contribution in [0.4, 0.5) is 0 Å². The van der Waals surface area contributed by atoms with Gasteiger partial charge in [-0.15, -0.1) is 0 Å². The zero-order valence-corrected chi connectivity index (χ0v) is 19.7. The van der Waals surface area contributed by atoms with Crippen LogP contribution in [0, 0.1) is 70.0 Å². The van der Waals surface area contributed by atoms with E-state index in [2.05, 4.69) is 0 Å². The van der Waals surface area contributed by atoms with Crippen LogP contribution >= 0.6 is 0 Å². The van der Waals surface area contributed by atoms with Gasteiger partial charge in [0.1, 0.15) is 0 Å². The molecule has 2 aliphatic heterocycles. The minimum absolute atomic E-state index is 0.0591. The largest absolute Gasteiger partial charge is 0.469 e. The second kappa shape index (κ2) is 5.68. The van der Waals surface area contributed by atoms with Gasteiger partial charge in [-0.05, 0) is 60.2 Å². The molecule has 0 amide bonds. The number of fused-ring (bicyclic) bond motifs is 4. The molecule has 184 valence electrons. The van der Waals surface area contributed by atoms with Gasteiger partial charge in [-0.1, -0.05) is 0 Å². The lowest BCUT2D eigenvalue weighted by molar-refractivity contribution is -0.258. The first kappa shape index (κ1) is 19.9. The van der Waals surface area contributed by atoms with Crippen molar-refractivity contribution in [1.29, 1.82) is 0 Å². The van der Waals surface area contributed by atoms with Crippen molar-refractivity contribution < 1.29 is 38.0 Å². The van der Waals surface area contributed by atoms with E-state index in [4.69, 9.17) is 28.4 Å². The highest BCUT2D eigenvalue weighted by atomic mass is 16.7. The minimum Gasteiger partial charge on any atom is -0.469 e. The molecule has 8 bridgehead atoms. The summed E-state index contributed by atoms with van der Waals surface area (Å²) in [5.41, 5.74) is -1.70. The fraction of sp³-hybridized carbons (Fsp3) is 0.923. The maximum atomic E-state index is 14.2. The fourth-order valence-corrected chi connectivity index (χ4v) is 13.3. The average molecular weight is 473 g/mol. The lowest BCUT2D eigenvalue weighted by Crippen LogP contribution is -2.68. The van der Waals surface area contributed by atoms with Crippen LogP contribution in [-0.2, 0) is 38.0 Å². The Labute approximate surface area is 198 Å². The van der Waals surface area contributed by atoms with E-state index in [9.17, 15) is 9.59 Å².